The van der Waals surface area contributed by atoms with E-state index < -0.39 is 14.8 Å². The van der Waals surface area contributed by atoms with Crippen LogP contribution in [0.4, 0.5) is 0 Å². The predicted octanol–water partition coefficient (Wildman–Crippen LogP) is 4.89. The van der Waals surface area contributed by atoms with Crippen LogP contribution in [0.3, 0.4) is 0 Å². The molecule has 26 heavy (non-hydrogen) atoms. The second kappa shape index (κ2) is 6.30. The van der Waals surface area contributed by atoms with E-state index >= 15 is 0 Å². The molecule has 3 aromatic rings. The molecule has 1 heterocycles. The van der Waals surface area contributed by atoms with Crippen molar-refractivity contribution in [3.05, 3.63) is 47.5 Å². The smallest absolute Gasteiger partial charge is 0.258 e. The molecule has 5 heteroatoms. The third-order valence-electron chi connectivity index (χ3n) is 4.19. The van der Waals surface area contributed by atoms with Gasteiger partial charge >= 0.3 is 0 Å². The molecular weight excluding hydrogens is 346 g/mol. The van der Waals surface area contributed by atoms with Crippen LogP contribution in [0, 0.1) is 11.8 Å². The first-order valence-corrected chi connectivity index (χ1v) is 9.77. The van der Waals surface area contributed by atoms with Gasteiger partial charge in [0, 0.05) is 16.3 Å². The summed E-state index contributed by atoms with van der Waals surface area (Å²) in [6.07, 6.45) is 0. The minimum Gasteiger partial charge on any atom is -0.456 e. The topological polar surface area (TPSA) is 59.6 Å². The molecule has 4 nitrogen and oxygen atoms in total. The Morgan fingerprint density at radius 2 is 1.65 bits per heavy atom. The summed E-state index contributed by atoms with van der Waals surface area (Å²) in [6.45, 7) is 8.43. The Balaban J connectivity index is 2.18. The molecule has 0 aliphatic carbocycles. The minimum absolute atomic E-state index is 0.459. The van der Waals surface area contributed by atoms with E-state index in [4.69, 9.17) is 4.42 Å². The van der Waals surface area contributed by atoms with Crippen molar-refractivity contribution in [1.29, 1.82) is 0 Å². The quantitative estimate of drug-likeness (QED) is 0.478. The van der Waals surface area contributed by atoms with Crippen LogP contribution in [0.2, 0.25) is 0 Å². The van der Waals surface area contributed by atoms with Gasteiger partial charge in [0.15, 0.2) is 0 Å². The number of hydrogen-bond acceptors (Lipinski definition) is 3. The maximum absolute atomic E-state index is 12.4. The first-order valence-electron chi connectivity index (χ1n) is 8.33. The predicted molar refractivity (Wildman–Crippen MR) is 107 cm³/mol. The Kier molecular flexibility index (Phi) is 4.41. The lowest BCUT2D eigenvalue weighted by Gasteiger charge is -2.15. The molecule has 0 unspecified atom stereocenters. The van der Waals surface area contributed by atoms with Gasteiger partial charge in [-0.2, -0.15) is 4.40 Å². The van der Waals surface area contributed by atoms with Crippen LogP contribution >= 0.6 is 0 Å². The molecule has 0 bridgehead atoms. The van der Waals surface area contributed by atoms with E-state index in [0.717, 1.165) is 33.1 Å². The molecule has 0 saturated heterocycles. The summed E-state index contributed by atoms with van der Waals surface area (Å²) < 4.78 is 33.7. The zero-order chi connectivity index (χ0) is 19.1. The number of benzene rings is 2. The zero-order valence-electron chi connectivity index (χ0n) is 15.5. The Hall–Kier alpha value is -2.58. The molecule has 0 atom stereocenters. The Labute approximate surface area is 154 Å². The van der Waals surface area contributed by atoms with Crippen molar-refractivity contribution in [2.24, 2.45) is 4.40 Å². The molecule has 0 aliphatic heterocycles. The van der Waals surface area contributed by atoms with E-state index in [1.54, 1.807) is 34.6 Å². The van der Waals surface area contributed by atoms with Crippen molar-refractivity contribution in [3.63, 3.8) is 0 Å². The molecule has 0 N–H and O–H groups in total. The molecule has 1 aromatic heterocycles. The maximum atomic E-state index is 12.4. The van der Waals surface area contributed by atoms with Gasteiger partial charge in [0.05, 0.1) is 10.5 Å². The molecule has 0 saturated carbocycles. The fourth-order valence-corrected chi connectivity index (χ4v) is 3.33. The number of nitrogens with zero attached hydrogens (tertiary/aromatic N) is 1. The van der Waals surface area contributed by atoms with Crippen molar-refractivity contribution in [2.75, 3.05) is 0 Å². The van der Waals surface area contributed by atoms with Crippen LogP contribution in [-0.4, -0.2) is 18.9 Å². The second-order valence-corrected chi connectivity index (χ2v) is 9.52. The summed E-state index contributed by atoms with van der Waals surface area (Å²) in [5.74, 6) is 5.94. The van der Waals surface area contributed by atoms with Crippen LogP contribution < -0.4 is 0 Å². The summed E-state index contributed by atoms with van der Waals surface area (Å²) in [4.78, 5) is 0. The number of furan rings is 1. The number of fused-ring (bicyclic) bond motifs is 3. The van der Waals surface area contributed by atoms with Crippen LogP contribution in [0.5, 0.6) is 0 Å². The Morgan fingerprint density at radius 1 is 1.04 bits per heavy atom. The normalized spacial score (nSPS) is 13.0. The van der Waals surface area contributed by atoms with Crippen LogP contribution in [0.25, 0.3) is 21.9 Å². The van der Waals surface area contributed by atoms with Crippen molar-refractivity contribution in [3.8, 4) is 11.8 Å². The molecular formula is C21H21NO3S. The molecule has 0 aliphatic rings. The average Bonchev–Trinajstić information content (AvgIpc) is 2.91. The van der Waals surface area contributed by atoms with Gasteiger partial charge in [0.1, 0.15) is 11.2 Å². The van der Waals surface area contributed by atoms with E-state index in [1.807, 2.05) is 36.4 Å². The van der Waals surface area contributed by atoms with Crippen LogP contribution in [-0.2, 0) is 10.0 Å². The summed E-state index contributed by atoms with van der Waals surface area (Å²) in [7, 11) is -3.60. The molecule has 0 radical (unpaired) electrons. The average molecular weight is 367 g/mol. The summed E-state index contributed by atoms with van der Waals surface area (Å²) >= 11 is 0. The van der Waals surface area contributed by atoms with Crippen molar-refractivity contribution in [2.45, 2.75) is 39.4 Å². The van der Waals surface area contributed by atoms with Gasteiger partial charge in [-0.25, -0.2) is 8.42 Å². The summed E-state index contributed by atoms with van der Waals surface area (Å²) in [5, 5.41) is 1.87. The van der Waals surface area contributed by atoms with Gasteiger partial charge in [-0.05, 0) is 76.6 Å². The highest BCUT2D eigenvalue weighted by molar-refractivity contribution is 7.91. The van der Waals surface area contributed by atoms with Crippen LogP contribution in [0.1, 0.15) is 45.7 Å². The molecule has 2 aromatic carbocycles. The number of hydrogen-bond donors (Lipinski definition) is 0. The van der Waals surface area contributed by atoms with E-state index in [0.29, 0.717) is 5.71 Å². The van der Waals surface area contributed by atoms with Gasteiger partial charge < -0.3 is 4.42 Å². The maximum Gasteiger partial charge on any atom is 0.258 e. The van der Waals surface area contributed by atoms with Gasteiger partial charge in [0.2, 0.25) is 0 Å². The van der Waals surface area contributed by atoms with Crippen molar-refractivity contribution in [1.82, 2.24) is 0 Å². The van der Waals surface area contributed by atoms with Gasteiger partial charge in [0.25, 0.3) is 10.0 Å². The fraction of sp³-hybridized carbons (Fsp3) is 0.286. The first-order chi connectivity index (χ1) is 12.1. The minimum atomic E-state index is -3.60. The Morgan fingerprint density at radius 3 is 2.27 bits per heavy atom. The lowest BCUT2D eigenvalue weighted by Crippen LogP contribution is -2.26. The highest BCUT2D eigenvalue weighted by Gasteiger charge is 2.28. The zero-order valence-corrected chi connectivity index (χ0v) is 16.4. The van der Waals surface area contributed by atoms with E-state index in [-0.39, 0.29) is 0 Å². The summed E-state index contributed by atoms with van der Waals surface area (Å²) in [5.41, 5.74) is 3.64. The lowest BCUT2D eigenvalue weighted by molar-refractivity contribution is 0.562. The fourth-order valence-electron chi connectivity index (χ4n) is 2.59. The summed E-state index contributed by atoms with van der Waals surface area (Å²) in [6, 6.07) is 11.4. The van der Waals surface area contributed by atoms with Gasteiger partial charge in [-0.15, -0.1) is 5.92 Å². The third kappa shape index (κ3) is 3.25. The lowest BCUT2D eigenvalue weighted by atomic mass is 10.1. The third-order valence-corrected chi connectivity index (χ3v) is 6.25. The highest BCUT2D eigenvalue weighted by Crippen LogP contribution is 2.30. The standard InChI is InChI=1S/C21H21NO3S/c1-6-7-15-8-10-19-17(12-15)18-13-16(9-11-20(18)25-19)14(2)22-26(23,24)21(3,4)5/h8-13H,1-5H3. The van der Waals surface area contributed by atoms with E-state index in [2.05, 4.69) is 16.2 Å². The van der Waals surface area contributed by atoms with Crippen LogP contribution in [0.15, 0.2) is 45.2 Å². The molecule has 0 amide bonds. The Bertz CT molecular complexity index is 1200. The molecule has 3 rings (SSSR count). The molecule has 134 valence electrons. The van der Waals surface area contributed by atoms with E-state index in [1.165, 1.54) is 0 Å². The molecule has 0 fully saturated rings. The van der Waals surface area contributed by atoms with Gasteiger partial charge in [-0.3, -0.25) is 0 Å². The largest absolute Gasteiger partial charge is 0.456 e. The first kappa shape index (κ1) is 18.2. The van der Waals surface area contributed by atoms with Gasteiger partial charge in [-0.1, -0.05) is 5.92 Å². The monoisotopic (exact) mass is 367 g/mol. The number of rotatable bonds is 2. The number of sulfonamides is 1. The van der Waals surface area contributed by atoms with E-state index in [9.17, 15) is 8.42 Å². The second-order valence-electron chi connectivity index (χ2n) is 7.16. The van der Waals surface area contributed by atoms with Crippen molar-refractivity contribution < 1.29 is 12.8 Å². The SMILES string of the molecule is CC#Cc1ccc2oc3ccc(C(C)=NS(=O)(=O)C(C)(C)C)cc3c2c1. The highest BCUT2D eigenvalue weighted by atomic mass is 32.2. The van der Waals surface area contributed by atoms with Crippen molar-refractivity contribution >= 4 is 37.7 Å². The molecule has 0 spiro atoms.